The number of fused-ring (bicyclic) bond motifs is 3. The lowest BCUT2D eigenvalue weighted by atomic mass is 9.88. The van der Waals surface area contributed by atoms with Crippen molar-refractivity contribution < 1.29 is 0 Å². The van der Waals surface area contributed by atoms with Crippen molar-refractivity contribution in [2.75, 3.05) is 0 Å². The van der Waals surface area contributed by atoms with Crippen LogP contribution in [0.3, 0.4) is 0 Å². The van der Waals surface area contributed by atoms with Gasteiger partial charge in [-0.3, -0.25) is 0 Å². The summed E-state index contributed by atoms with van der Waals surface area (Å²) in [5.74, 6) is 0. The molecule has 0 saturated carbocycles. The van der Waals surface area contributed by atoms with Crippen LogP contribution in [-0.4, -0.2) is 7.85 Å². The Morgan fingerprint density at radius 1 is 0.933 bits per heavy atom. The number of hydrogen-bond donors (Lipinski definition) is 0. The Bertz CT molecular complexity index is 492. The number of benzene rings is 2. The largest absolute Gasteiger partial charge is 0.114 e. The van der Waals surface area contributed by atoms with Crippen LogP contribution in [0.1, 0.15) is 16.7 Å². The van der Waals surface area contributed by atoms with Crippen molar-refractivity contribution in [3.8, 4) is 11.1 Å². The summed E-state index contributed by atoms with van der Waals surface area (Å²) in [7, 11) is 6.00. The average Bonchev–Trinajstić information content (AvgIpc) is 2.60. The van der Waals surface area contributed by atoms with E-state index in [1.54, 1.807) is 0 Å². The molecule has 15 heavy (non-hydrogen) atoms. The summed E-state index contributed by atoms with van der Waals surface area (Å²) in [5, 5.41) is 0. The molecule has 0 aliphatic heterocycles. The van der Waals surface area contributed by atoms with Gasteiger partial charge in [0.1, 0.15) is 7.85 Å². The van der Waals surface area contributed by atoms with Crippen LogP contribution in [0.5, 0.6) is 0 Å². The lowest BCUT2D eigenvalue weighted by Gasteiger charge is -2.03. The van der Waals surface area contributed by atoms with E-state index in [1.165, 1.54) is 27.8 Å². The quantitative estimate of drug-likeness (QED) is 0.477. The maximum atomic E-state index is 6.00. The first-order chi connectivity index (χ1) is 7.27. The number of aryl methyl sites for hydroxylation is 1. The fourth-order valence-electron chi connectivity index (χ4n) is 2.42. The van der Waals surface area contributed by atoms with Crippen LogP contribution in [0.4, 0.5) is 0 Å². The van der Waals surface area contributed by atoms with Crippen molar-refractivity contribution in [2.45, 2.75) is 13.3 Å². The Morgan fingerprint density at radius 3 is 2.40 bits per heavy atom. The molecule has 1 heteroatoms. The van der Waals surface area contributed by atoms with Gasteiger partial charge in [-0.25, -0.2) is 0 Å². The monoisotopic (exact) mass is 190 g/mol. The molecule has 0 saturated heterocycles. The number of hydrogen-bond acceptors (Lipinski definition) is 0. The Balaban J connectivity index is 2.33. The molecule has 0 heterocycles. The Morgan fingerprint density at radius 2 is 1.60 bits per heavy atom. The van der Waals surface area contributed by atoms with E-state index in [4.69, 9.17) is 7.85 Å². The summed E-state index contributed by atoms with van der Waals surface area (Å²) in [6, 6.07) is 12.7. The third-order valence-corrected chi connectivity index (χ3v) is 3.27. The maximum absolute atomic E-state index is 6.00. The molecule has 2 aromatic rings. The van der Waals surface area contributed by atoms with E-state index in [-0.39, 0.29) is 0 Å². The van der Waals surface area contributed by atoms with E-state index in [2.05, 4.69) is 31.2 Å². The van der Waals surface area contributed by atoms with Gasteiger partial charge in [0.15, 0.2) is 0 Å². The first-order valence-corrected chi connectivity index (χ1v) is 5.23. The van der Waals surface area contributed by atoms with Crippen LogP contribution in [0.2, 0.25) is 0 Å². The second kappa shape index (κ2) is 3.00. The normalized spacial score (nSPS) is 12.3. The van der Waals surface area contributed by atoms with Crippen molar-refractivity contribution in [1.82, 2.24) is 0 Å². The fourth-order valence-corrected chi connectivity index (χ4v) is 2.42. The summed E-state index contributed by atoms with van der Waals surface area (Å²) < 4.78 is 0. The summed E-state index contributed by atoms with van der Waals surface area (Å²) in [6.07, 6.45) is 0.990. The third kappa shape index (κ3) is 1.16. The molecule has 0 amide bonds. The van der Waals surface area contributed by atoms with Crippen LogP contribution in [0.25, 0.3) is 11.1 Å². The third-order valence-electron chi connectivity index (χ3n) is 3.27. The molecule has 2 radical (unpaired) electrons. The molecule has 0 fully saturated rings. The maximum Gasteiger partial charge on any atom is 0.114 e. The Kier molecular flexibility index (Phi) is 1.75. The number of rotatable bonds is 0. The molecular formula is C14H11B. The van der Waals surface area contributed by atoms with Crippen LogP contribution in [-0.2, 0) is 6.42 Å². The zero-order chi connectivity index (χ0) is 10.4. The lowest BCUT2D eigenvalue weighted by Crippen LogP contribution is -2.08. The molecule has 3 rings (SSSR count). The average molecular weight is 190 g/mol. The first-order valence-electron chi connectivity index (χ1n) is 5.23. The zero-order valence-corrected chi connectivity index (χ0v) is 8.75. The van der Waals surface area contributed by atoms with Crippen molar-refractivity contribution in [2.24, 2.45) is 0 Å². The van der Waals surface area contributed by atoms with Crippen molar-refractivity contribution in [3.05, 3.63) is 53.1 Å². The predicted octanol–water partition coefficient (Wildman–Crippen LogP) is 2.36. The molecule has 0 aromatic heterocycles. The fraction of sp³-hybridized carbons (Fsp3) is 0.143. The zero-order valence-electron chi connectivity index (χ0n) is 8.75. The van der Waals surface area contributed by atoms with E-state index < -0.39 is 0 Å². The molecule has 0 spiro atoms. The highest BCUT2D eigenvalue weighted by molar-refractivity contribution is 6.34. The summed E-state index contributed by atoms with van der Waals surface area (Å²) >= 11 is 0. The van der Waals surface area contributed by atoms with Crippen LogP contribution in [0.15, 0.2) is 36.4 Å². The van der Waals surface area contributed by atoms with Gasteiger partial charge in [-0.2, -0.15) is 0 Å². The molecule has 0 nitrogen and oxygen atoms in total. The highest BCUT2D eigenvalue weighted by Crippen LogP contribution is 2.36. The summed E-state index contributed by atoms with van der Waals surface area (Å²) in [6.45, 7) is 2.17. The van der Waals surface area contributed by atoms with Crippen LogP contribution >= 0.6 is 0 Å². The van der Waals surface area contributed by atoms with Crippen molar-refractivity contribution in [3.63, 3.8) is 0 Å². The minimum Gasteiger partial charge on any atom is -0.0926 e. The van der Waals surface area contributed by atoms with Crippen LogP contribution < -0.4 is 5.46 Å². The minimum absolute atomic E-state index is 0.920. The van der Waals surface area contributed by atoms with Gasteiger partial charge in [0.2, 0.25) is 0 Å². The van der Waals surface area contributed by atoms with Gasteiger partial charge in [0.05, 0.1) is 0 Å². The molecule has 70 valence electrons. The van der Waals surface area contributed by atoms with Gasteiger partial charge in [-0.15, -0.1) is 0 Å². The van der Waals surface area contributed by atoms with E-state index >= 15 is 0 Å². The minimum atomic E-state index is 0.920. The first kappa shape index (κ1) is 8.78. The lowest BCUT2D eigenvalue weighted by molar-refractivity contribution is 1.23. The van der Waals surface area contributed by atoms with Crippen molar-refractivity contribution in [1.29, 1.82) is 0 Å². The predicted molar refractivity (Wildman–Crippen MR) is 64.8 cm³/mol. The van der Waals surface area contributed by atoms with Gasteiger partial charge in [-0.05, 0) is 41.2 Å². The van der Waals surface area contributed by atoms with E-state index in [0.717, 1.165) is 11.9 Å². The summed E-state index contributed by atoms with van der Waals surface area (Å²) in [4.78, 5) is 0. The molecule has 1 aliphatic rings. The second-order valence-electron chi connectivity index (χ2n) is 4.15. The van der Waals surface area contributed by atoms with Gasteiger partial charge in [0.25, 0.3) is 0 Å². The highest BCUT2D eigenvalue weighted by atomic mass is 14.2. The molecule has 1 aliphatic carbocycles. The van der Waals surface area contributed by atoms with E-state index in [0.29, 0.717) is 0 Å². The summed E-state index contributed by atoms with van der Waals surface area (Å²) in [5.41, 5.74) is 7.68. The Hall–Kier alpha value is -1.50. The smallest absolute Gasteiger partial charge is 0.0926 e. The van der Waals surface area contributed by atoms with Gasteiger partial charge in [-0.1, -0.05) is 41.9 Å². The molecule has 0 unspecified atom stereocenters. The van der Waals surface area contributed by atoms with Gasteiger partial charge in [0, 0.05) is 0 Å². The molecule has 0 atom stereocenters. The highest BCUT2D eigenvalue weighted by Gasteiger charge is 2.19. The van der Waals surface area contributed by atoms with Crippen molar-refractivity contribution >= 4 is 13.3 Å². The SMILES string of the molecule is [B]c1cccc2c1Cc1c(C)cccc1-2. The molecule has 2 aromatic carbocycles. The Labute approximate surface area is 91.4 Å². The molecule has 0 bridgehead atoms. The molecular weight excluding hydrogens is 179 g/mol. The van der Waals surface area contributed by atoms with Gasteiger partial charge >= 0.3 is 0 Å². The van der Waals surface area contributed by atoms with Gasteiger partial charge < -0.3 is 0 Å². The second-order valence-corrected chi connectivity index (χ2v) is 4.15. The van der Waals surface area contributed by atoms with E-state index in [1.807, 2.05) is 12.1 Å². The van der Waals surface area contributed by atoms with E-state index in [9.17, 15) is 0 Å². The molecule has 0 N–H and O–H groups in total. The van der Waals surface area contributed by atoms with Crippen LogP contribution in [0, 0.1) is 6.92 Å². The topological polar surface area (TPSA) is 0 Å². The standard InChI is InChI=1S/C14H11B/c1-9-4-2-5-10-11-6-3-7-14(15)13(11)8-12(9)10/h2-7H,8H2,1H3.